The Kier molecular flexibility index (Phi) is 8.22. The van der Waals surface area contributed by atoms with E-state index in [1.54, 1.807) is 31.2 Å². The first kappa shape index (κ1) is 19.6. The van der Waals surface area contributed by atoms with Crippen LogP contribution in [0.15, 0.2) is 29.2 Å². The van der Waals surface area contributed by atoms with Crippen LogP contribution in [0.25, 0.3) is 0 Å². The minimum atomic E-state index is -3.55. The fraction of sp³-hybridized carbons (Fsp3) is 0.562. The van der Waals surface area contributed by atoms with Gasteiger partial charge < -0.3 is 9.64 Å². The highest BCUT2D eigenvalue weighted by molar-refractivity contribution is 7.89. The van der Waals surface area contributed by atoms with Gasteiger partial charge in [0, 0.05) is 39.4 Å². The molecule has 1 amide bonds. The Hall–Kier alpha value is -1.44. The number of carbonyl (C=O) groups excluding carboxylic acids is 1. The molecule has 0 aliphatic heterocycles. The monoisotopic (exact) mass is 342 g/mol. The molecule has 0 unspecified atom stereocenters. The predicted molar refractivity (Wildman–Crippen MR) is 90.0 cm³/mol. The van der Waals surface area contributed by atoms with Crippen molar-refractivity contribution in [3.05, 3.63) is 29.8 Å². The van der Waals surface area contributed by atoms with E-state index in [0.29, 0.717) is 31.7 Å². The van der Waals surface area contributed by atoms with E-state index in [9.17, 15) is 13.2 Å². The zero-order chi connectivity index (χ0) is 17.3. The van der Waals surface area contributed by atoms with Gasteiger partial charge in [0.25, 0.3) is 5.91 Å². The van der Waals surface area contributed by atoms with Crippen molar-refractivity contribution in [2.45, 2.75) is 31.1 Å². The van der Waals surface area contributed by atoms with Crippen LogP contribution in [0.4, 0.5) is 0 Å². The molecule has 0 aliphatic carbocycles. The quantitative estimate of drug-likeness (QED) is 0.659. The number of benzene rings is 1. The summed E-state index contributed by atoms with van der Waals surface area (Å²) in [4.78, 5) is 14.0. The number of hydrogen-bond acceptors (Lipinski definition) is 4. The molecule has 1 rings (SSSR count). The minimum Gasteiger partial charge on any atom is -0.385 e. The average molecular weight is 342 g/mol. The Morgan fingerprint density at radius 3 is 2.43 bits per heavy atom. The molecule has 0 saturated carbocycles. The normalized spacial score (nSPS) is 11.4. The molecule has 0 aliphatic rings. The van der Waals surface area contributed by atoms with Gasteiger partial charge in [-0.25, -0.2) is 13.1 Å². The first-order chi connectivity index (χ1) is 10.9. The van der Waals surface area contributed by atoms with E-state index in [1.807, 2.05) is 0 Å². The summed E-state index contributed by atoms with van der Waals surface area (Å²) in [5.41, 5.74) is 0.488. The van der Waals surface area contributed by atoms with Crippen LogP contribution >= 0.6 is 0 Å². The third kappa shape index (κ3) is 6.29. The zero-order valence-electron chi connectivity index (χ0n) is 14.0. The SMILES string of the molecule is CCCCN(C)C(=O)c1ccc(S(=O)(=O)NCCCOC)cc1. The van der Waals surface area contributed by atoms with Crippen molar-refractivity contribution in [1.82, 2.24) is 9.62 Å². The number of nitrogens with one attached hydrogen (secondary N) is 1. The van der Waals surface area contributed by atoms with Crippen LogP contribution in [0.2, 0.25) is 0 Å². The van der Waals surface area contributed by atoms with E-state index in [0.717, 1.165) is 12.8 Å². The second kappa shape index (κ2) is 9.64. The molecule has 0 aromatic heterocycles. The summed E-state index contributed by atoms with van der Waals surface area (Å²) in [6, 6.07) is 6.02. The highest BCUT2D eigenvalue weighted by atomic mass is 32.2. The molecule has 6 nitrogen and oxygen atoms in total. The number of ether oxygens (including phenoxy) is 1. The molecule has 1 aromatic rings. The lowest BCUT2D eigenvalue weighted by atomic mass is 10.2. The second-order valence-electron chi connectivity index (χ2n) is 5.35. The highest BCUT2D eigenvalue weighted by Crippen LogP contribution is 2.12. The van der Waals surface area contributed by atoms with Crippen LogP contribution in [-0.2, 0) is 14.8 Å². The molecule has 0 bridgehead atoms. The number of methoxy groups -OCH3 is 1. The third-order valence-electron chi connectivity index (χ3n) is 3.42. The number of rotatable bonds is 10. The number of sulfonamides is 1. The summed E-state index contributed by atoms with van der Waals surface area (Å²) in [6.45, 7) is 3.57. The summed E-state index contributed by atoms with van der Waals surface area (Å²) < 4.78 is 31.6. The van der Waals surface area contributed by atoms with Crippen molar-refractivity contribution in [1.29, 1.82) is 0 Å². The number of carbonyl (C=O) groups is 1. The van der Waals surface area contributed by atoms with Crippen LogP contribution in [-0.4, -0.2) is 53.1 Å². The van der Waals surface area contributed by atoms with Gasteiger partial charge >= 0.3 is 0 Å². The van der Waals surface area contributed by atoms with Gasteiger partial charge in [-0.1, -0.05) is 13.3 Å². The van der Waals surface area contributed by atoms with Gasteiger partial charge in [-0.2, -0.15) is 0 Å². The average Bonchev–Trinajstić information content (AvgIpc) is 2.56. The molecule has 7 heteroatoms. The molecule has 23 heavy (non-hydrogen) atoms. The Morgan fingerprint density at radius 1 is 1.22 bits per heavy atom. The second-order valence-corrected chi connectivity index (χ2v) is 7.12. The van der Waals surface area contributed by atoms with Gasteiger partial charge in [-0.3, -0.25) is 4.79 Å². The van der Waals surface area contributed by atoms with E-state index >= 15 is 0 Å². The third-order valence-corrected chi connectivity index (χ3v) is 4.90. The molecule has 130 valence electrons. The number of nitrogens with zero attached hydrogens (tertiary/aromatic N) is 1. The zero-order valence-corrected chi connectivity index (χ0v) is 14.9. The fourth-order valence-electron chi connectivity index (χ4n) is 2.00. The highest BCUT2D eigenvalue weighted by Gasteiger charge is 2.15. The van der Waals surface area contributed by atoms with Crippen LogP contribution in [0.1, 0.15) is 36.5 Å². The van der Waals surface area contributed by atoms with Crippen molar-refractivity contribution in [3.63, 3.8) is 0 Å². The molecule has 1 aromatic carbocycles. The van der Waals surface area contributed by atoms with Crippen molar-refractivity contribution in [3.8, 4) is 0 Å². The Balaban J connectivity index is 2.70. The molecule has 1 N–H and O–H groups in total. The first-order valence-electron chi connectivity index (χ1n) is 7.76. The number of amides is 1. The predicted octanol–water partition coefficient (Wildman–Crippen LogP) is 1.87. The lowest BCUT2D eigenvalue weighted by molar-refractivity contribution is 0.0793. The topological polar surface area (TPSA) is 75.7 Å². The van der Waals surface area contributed by atoms with E-state index in [4.69, 9.17) is 4.74 Å². The molecule has 0 fully saturated rings. The minimum absolute atomic E-state index is 0.101. The standard InChI is InChI=1S/C16H26N2O4S/c1-4-5-12-18(2)16(19)14-7-9-15(10-8-14)23(20,21)17-11-6-13-22-3/h7-10,17H,4-6,11-13H2,1-3H3. The summed E-state index contributed by atoms with van der Waals surface area (Å²) in [5, 5.41) is 0. The molecular weight excluding hydrogens is 316 g/mol. The van der Waals surface area contributed by atoms with Crippen molar-refractivity contribution >= 4 is 15.9 Å². The maximum absolute atomic E-state index is 12.2. The molecule has 0 saturated heterocycles. The first-order valence-corrected chi connectivity index (χ1v) is 9.24. The van der Waals surface area contributed by atoms with Gasteiger partial charge in [0.2, 0.25) is 10.0 Å². The van der Waals surface area contributed by atoms with Crippen molar-refractivity contribution in [2.75, 3.05) is 33.9 Å². The van der Waals surface area contributed by atoms with Gasteiger partial charge in [0.1, 0.15) is 0 Å². The Labute approximate surface area is 138 Å². The molecule has 0 spiro atoms. The van der Waals surface area contributed by atoms with E-state index in [2.05, 4.69) is 11.6 Å². The summed E-state index contributed by atoms with van der Waals surface area (Å²) in [5.74, 6) is -0.101. The molecule has 0 atom stereocenters. The van der Waals surface area contributed by atoms with Crippen LogP contribution in [0.5, 0.6) is 0 Å². The van der Waals surface area contributed by atoms with Gasteiger partial charge in [-0.15, -0.1) is 0 Å². The summed E-state index contributed by atoms with van der Waals surface area (Å²) in [6.07, 6.45) is 2.57. The van der Waals surface area contributed by atoms with Crippen molar-refractivity contribution < 1.29 is 17.9 Å². The van der Waals surface area contributed by atoms with E-state index in [-0.39, 0.29) is 10.8 Å². The largest absolute Gasteiger partial charge is 0.385 e. The number of hydrogen-bond donors (Lipinski definition) is 1. The smallest absolute Gasteiger partial charge is 0.253 e. The molecular formula is C16H26N2O4S. The summed E-state index contributed by atoms with van der Waals surface area (Å²) in [7, 11) is -0.227. The maximum atomic E-state index is 12.2. The lowest BCUT2D eigenvalue weighted by Gasteiger charge is -2.16. The molecule has 0 radical (unpaired) electrons. The summed E-state index contributed by atoms with van der Waals surface area (Å²) >= 11 is 0. The van der Waals surface area contributed by atoms with Crippen molar-refractivity contribution in [2.24, 2.45) is 0 Å². The Morgan fingerprint density at radius 2 is 1.87 bits per heavy atom. The van der Waals surface area contributed by atoms with Crippen LogP contribution in [0.3, 0.4) is 0 Å². The van der Waals surface area contributed by atoms with E-state index < -0.39 is 10.0 Å². The van der Waals surface area contributed by atoms with Gasteiger partial charge in [0.15, 0.2) is 0 Å². The fourth-order valence-corrected chi connectivity index (χ4v) is 3.07. The Bertz CT molecular complexity index is 585. The number of unbranched alkanes of at least 4 members (excludes halogenated alkanes) is 1. The van der Waals surface area contributed by atoms with Crippen LogP contribution in [0, 0.1) is 0 Å². The van der Waals surface area contributed by atoms with E-state index in [1.165, 1.54) is 12.1 Å². The molecule has 0 heterocycles. The van der Waals surface area contributed by atoms with Crippen LogP contribution < -0.4 is 4.72 Å². The maximum Gasteiger partial charge on any atom is 0.253 e. The van der Waals surface area contributed by atoms with Gasteiger partial charge in [-0.05, 0) is 37.1 Å². The van der Waals surface area contributed by atoms with Gasteiger partial charge in [0.05, 0.1) is 4.90 Å². The lowest BCUT2D eigenvalue weighted by Crippen LogP contribution is -2.28.